The zero-order valence-corrected chi connectivity index (χ0v) is 15.0. The molecule has 1 N–H and O–H groups in total. The number of nitrogens with one attached hydrogen (secondary N) is 1. The molecule has 134 valence electrons. The average molecular weight is 347 g/mol. The van der Waals surface area contributed by atoms with E-state index >= 15 is 0 Å². The highest BCUT2D eigenvalue weighted by atomic mass is 16.2. The number of benzene rings is 2. The van der Waals surface area contributed by atoms with Gasteiger partial charge in [0.2, 0.25) is 5.91 Å². The van der Waals surface area contributed by atoms with Crippen molar-refractivity contribution in [2.75, 3.05) is 13.1 Å². The van der Waals surface area contributed by atoms with Gasteiger partial charge in [-0.25, -0.2) is 5.43 Å². The fourth-order valence-electron chi connectivity index (χ4n) is 3.69. The lowest BCUT2D eigenvalue weighted by Crippen LogP contribution is -2.34. The Kier molecular flexibility index (Phi) is 5.12. The van der Waals surface area contributed by atoms with E-state index in [-0.39, 0.29) is 11.8 Å². The normalized spacial score (nSPS) is 22.7. The van der Waals surface area contributed by atoms with E-state index in [1.807, 2.05) is 18.2 Å². The van der Waals surface area contributed by atoms with Crippen molar-refractivity contribution in [2.24, 2.45) is 11.0 Å². The number of piperidine rings is 1. The fraction of sp³-hybridized carbons (Fsp3) is 0.364. The molecule has 2 fully saturated rings. The van der Waals surface area contributed by atoms with Crippen LogP contribution in [-0.4, -0.2) is 29.6 Å². The minimum absolute atomic E-state index is 0.0677. The lowest BCUT2D eigenvalue weighted by atomic mass is 10.1. The Morgan fingerprint density at radius 1 is 1.00 bits per heavy atom. The van der Waals surface area contributed by atoms with E-state index < -0.39 is 0 Å². The predicted octanol–water partition coefficient (Wildman–Crippen LogP) is 3.56. The Balaban J connectivity index is 1.23. The lowest BCUT2D eigenvalue weighted by molar-refractivity contribution is -0.122. The highest BCUT2D eigenvalue weighted by molar-refractivity contribution is 5.88. The first-order valence-corrected chi connectivity index (χ1v) is 9.46. The molecule has 1 amide bonds. The van der Waals surface area contributed by atoms with Crippen molar-refractivity contribution < 1.29 is 4.79 Å². The van der Waals surface area contributed by atoms with Gasteiger partial charge in [0.15, 0.2) is 0 Å². The second kappa shape index (κ2) is 7.83. The van der Waals surface area contributed by atoms with Crippen LogP contribution in [0.5, 0.6) is 0 Å². The van der Waals surface area contributed by atoms with E-state index in [0.717, 1.165) is 44.6 Å². The molecule has 0 radical (unpaired) electrons. The highest BCUT2D eigenvalue weighted by Crippen LogP contribution is 2.47. The van der Waals surface area contributed by atoms with Gasteiger partial charge in [-0.15, -0.1) is 0 Å². The van der Waals surface area contributed by atoms with Gasteiger partial charge in [0.25, 0.3) is 0 Å². The largest absolute Gasteiger partial charge is 0.298 e. The van der Waals surface area contributed by atoms with Crippen molar-refractivity contribution in [3.8, 4) is 0 Å². The molecule has 2 atom stereocenters. The first-order valence-electron chi connectivity index (χ1n) is 9.46. The van der Waals surface area contributed by atoms with Crippen molar-refractivity contribution >= 4 is 11.6 Å². The maximum absolute atomic E-state index is 12.3. The van der Waals surface area contributed by atoms with Crippen LogP contribution < -0.4 is 5.43 Å². The van der Waals surface area contributed by atoms with Crippen molar-refractivity contribution in [3.63, 3.8) is 0 Å². The number of amides is 1. The van der Waals surface area contributed by atoms with E-state index in [2.05, 4.69) is 57.9 Å². The minimum Gasteiger partial charge on any atom is -0.298 e. The third kappa shape index (κ3) is 4.20. The van der Waals surface area contributed by atoms with Crippen molar-refractivity contribution in [3.05, 3.63) is 71.8 Å². The van der Waals surface area contributed by atoms with Crippen LogP contribution in [0.2, 0.25) is 0 Å². The van der Waals surface area contributed by atoms with Crippen molar-refractivity contribution in [1.29, 1.82) is 0 Å². The molecule has 4 nitrogen and oxygen atoms in total. The van der Waals surface area contributed by atoms with E-state index in [1.54, 1.807) is 0 Å². The summed E-state index contributed by atoms with van der Waals surface area (Å²) in [5.74, 6) is 0.516. The second-order valence-electron chi connectivity index (χ2n) is 7.28. The number of nitrogens with zero attached hydrogens (tertiary/aromatic N) is 2. The Bertz CT molecular complexity index is 762. The summed E-state index contributed by atoms with van der Waals surface area (Å²) in [6, 6.07) is 20.8. The summed E-state index contributed by atoms with van der Waals surface area (Å²) >= 11 is 0. The van der Waals surface area contributed by atoms with Crippen molar-refractivity contribution in [1.82, 2.24) is 10.3 Å². The summed E-state index contributed by atoms with van der Waals surface area (Å²) in [6.07, 6.45) is 2.80. The number of hydrogen-bond acceptors (Lipinski definition) is 3. The smallest absolute Gasteiger partial charge is 0.243 e. The van der Waals surface area contributed by atoms with E-state index in [0.29, 0.717) is 5.92 Å². The molecule has 4 heteroatoms. The van der Waals surface area contributed by atoms with Gasteiger partial charge < -0.3 is 0 Å². The molecule has 1 saturated heterocycles. The maximum Gasteiger partial charge on any atom is 0.243 e. The number of hydrogen-bond donors (Lipinski definition) is 1. The first-order chi connectivity index (χ1) is 12.8. The Morgan fingerprint density at radius 3 is 2.35 bits per heavy atom. The van der Waals surface area contributed by atoms with Crippen LogP contribution in [0.15, 0.2) is 65.8 Å². The van der Waals surface area contributed by atoms with Gasteiger partial charge in [-0.3, -0.25) is 9.69 Å². The highest BCUT2D eigenvalue weighted by Gasteiger charge is 2.43. The maximum atomic E-state index is 12.3. The third-order valence-corrected chi connectivity index (χ3v) is 5.36. The summed E-state index contributed by atoms with van der Waals surface area (Å²) < 4.78 is 0. The van der Waals surface area contributed by atoms with Gasteiger partial charge in [-0.2, -0.15) is 5.10 Å². The quantitative estimate of drug-likeness (QED) is 0.841. The molecular weight excluding hydrogens is 322 g/mol. The topological polar surface area (TPSA) is 44.7 Å². The van der Waals surface area contributed by atoms with Gasteiger partial charge in [0.05, 0.1) is 0 Å². The average Bonchev–Trinajstić information content (AvgIpc) is 3.50. The zero-order chi connectivity index (χ0) is 17.8. The molecule has 1 heterocycles. The minimum atomic E-state index is 0.0677. The molecule has 0 bridgehead atoms. The van der Waals surface area contributed by atoms with Gasteiger partial charge >= 0.3 is 0 Å². The molecule has 0 aromatic heterocycles. The first kappa shape index (κ1) is 17.0. The lowest BCUT2D eigenvalue weighted by Gasteiger charge is -2.27. The molecule has 2 aliphatic rings. The van der Waals surface area contributed by atoms with Crippen LogP contribution >= 0.6 is 0 Å². The number of likely N-dealkylation sites (tertiary alicyclic amines) is 1. The Hall–Kier alpha value is -2.46. The third-order valence-electron chi connectivity index (χ3n) is 5.36. The number of carbonyl (C=O) groups excluding carboxylic acids is 1. The standard InChI is InChI=1S/C22H25N3O/c26-22(21-15-20(21)18-9-5-2-6-10-18)24-23-19-11-13-25(14-12-19)16-17-7-3-1-4-8-17/h1-10,20-21H,11-16H2,(H,24,26)/t20-,21+/m0/s1. The molecule has 1 aliphatic heterocycles. The molecule has 2 aromatic rings. The second-order valence-corrected chi connectivity index (χ2v) is 7.28. The molecule has 4 rings (SSSR count). The molecule has 2 aromatic carbocycles. The summed E-state index contributed by atoms with van der Waals surface area (Å²) in [5, 5.41) is 4.40. The van der Waals surface area contributed by atoms with Crippen LogP contribution in [0.1, 0.15) is 36.3 Å². The molecule has 1 aliphatic carbocycles. The van der Waals surface area contributed by atoms with E-state index in [4.69, 9.17) is 0 Å². The summed E-state index contributed by atoms with van der Waals surface area (Å²) in [4.78, 5) is 14.8. The van der Waals surface area contributed by atoms with E-state index in [1.165, 1.54) is 11.1 Å². The number of rotatable bonds is 5. The molecule has 0 spiro atoms. The van der Waals surface area contributed by atoms with Gasteiger partial charge in [-0.05, 0) is 23.5 Å². The number of carbonyl (C=O) groups is 1. The van der Waals surface area contributed by atoms with Gasteiger partial charge in [0.1, 0.15) is 0 Å². The Morgan fingerprint density at radius 2 is 1.65 bits per heavy atom. The summed E-state index contributed by atoms with van der Waals surface area (Å²) in [5.41, 5.74) is 6.53. The SMILES string of the molecule is O=C(NN=C1CCN(Cc2ccccc2)CC1)[C@@H]1C[C@H]1c1ccccc1. The zero-order valence-electron chi connectivity index (χ0n) is 15.0. The van der Waals surface area contributed by atoms with Crippen LogP contribution in [0.25, 0.3) is 0 Å². The molecule has 1 saturated carbocycles. The monoisotopic (exact) mass is 347 g/mol. The van der Waals surface area contributed by atoms with Gasteiger partial charge in [-0.1, -0.05) is 60.7 Å². The van der Waals surface area contributed by atoms with Crippen LogP contribution in [0.3, 0.4) is 0 Å². The molecular formula is C22H25N3O. The summed E-state index contributed by atoms with van der Waals surface area (Å²) in [6.45, 7) is 2.99. The Labute approximate surface area is 154 Å². The number of hydrazone groups is 1. The van der Waals surface area contributed by atoms with Crippen LogP contribution in [0, 0.1) is 5.92 Å². The van der Waals surface area contributed by atoms with Gasteiger partial charge in [0, 0.05) is 44.1 Å². The molecule has 26 heavy (non-hydrogen) atoms. The van der Waals surface area contributed by atoms with E-state index in [9.17, 15) is 4.79 Å². The molecule has 0 unspecified atom stereocenters. The summed E-state index contributed by atoms with van der Waals surface area (Å²) in [7, 11) is 0. The van der Waals surface area contributed by atoms with Crippen LogP contribution in [-0.2, 0) is 11.3 Å². The predicted molar refractivity (Wildman–Crippen MR) is 104 cm³/mol. The fourth-order valence-corrected chi connectivity index (χ4v) is 3.69. The van der Waals surface area contributed by atoms with Crippen LogP contribution in [0.4, 0.5) is 0 Å². The van der Waals surface area contributed by atoms with Crippen molar-refractivity contribution in [2.45, 2.75) is 31.7 Å².